The zero-order valence-corrected chi connectivity index (χ0v) is 28.2. The van der Waals surface area contributed by atoms with E-state index in [1.54, 1.807) is 0 Å². The van der Waals surface area contributed by atoms with E-state index >= 15 is 0 Å². The molecule has 7 aromatic carbocycles. The topological polar surface area (TPSA) is 43.6 Å². The van der Waals surface area contributed by atoms with Crippen LogP contribution in [0.3, 0.4) is 0 Å². The Labute approximate surface area is 298 Å². The first-order valence-electron chi connectivity index (χ1n) is 17.2. The first-order valence-corrected chi connectivity index (χ1v) is 18.1. The minimum absolute atomic E-state index is 0.195. The Morgan fingerprint density at radius 2 is 1.06 bits per heavy atom. The molecule has 238 valence electrons. The highest BCUT2D eigenvalue weighted by Crippen LogP contribution is 2.53. The Kier molecular flexibility index (Phi) is 6.15. The summed E-state index contributed by atoms with van der Waals surface area (Å²) in [5.41, 5.74) is 10.4. The summed E-state index contributed by atoms with van der Waals surface area (Å²) in [6.07, 6.45) is 0. The maximum atomic E-state index is 5.30. The molecular formula is C46H28N4S. The van der Waals surface area contributed by atoms with Gasteiger partial charge in [-0.15, -0.1) is 11.3 Å². The van der Waals surface area contributed by atoms with Crippen molar-refractivity contribution >= 4 is 53.3 Å². The van der Waals surface area contributed by atoms with E-state index in [4.69, 9.17) is 15.0 Å². The Morgan fingerprint density at radius 3 is 1.73 bits per heavy atom. The molecule has 1 aliphatic rings. The average Bonchev–Trinajstić information content (AvgIpc) is 3.85. The lowest BCUT2D eigenvalue weighted by molar-refractivity contribution is 0.855. The molecule has 10 aromatic rings. The molecule has 1 aliphatic carbocycles. The zero-order chi connectivity index (χ0) is 33.5. The summed E-state index contributed by atoms with van der Waals surface area (Å²) in [5.74, 6) is 1.91. The van der Waals surface area contributed by atoms with Crippen molar-refractivity contribution in [1.29, 1.82) is 0 Å². The molecule has 4 nitrogen and oxygen atoms in total. The lowest BCUT2D eigenvalue weighted by Crippen LogP contribution is -2.09. The van der Waals surface area contributed by atoms with Crippen LogP contribution >= 0.6 is 11.3 Å². The molecule has 3 aromatic heterocycles. The van der Waals surface area contributed by atoms with Crippen molar-refractivity contribution in [2.75, 3.05) is 0 Å². The number of hydrogen-bond acceptors (Lipinski definition) is 4. The van der Waals surface area contributed by atoms with Crippen LogP contribution in [-0.2, 0) is 0 Å². The molecule has 0 aliphatic heterocycles. The summed E-state index contributed by atoms with van der Waals surface area (Å²) < 4.78 is 4.99. The van der Waals surface area contributed by atoms with E-state index in [9.17, 15) is 0 Å². The fraction of sp³-hybridized carbons (Fsp3) is 0.0217. The lowest BCUT2D eigenvalue weighted by atomic mass is 9.94. The van der Waals surface area contributed by atoms with Gasteiger partial charge in [0.2, 0.25) is 0 Å². The van der Waals surface area contributed by atoms with E-state index in [1.807, 2.05) is 47.7 Å². The molecule has 1 unspecified atom stereocenters. The molecule has 3 heterocycles. The Hall–Kier alpha value is -6.43. The molecule has 0 amide bonds. The molecule has 0 spiro atoms. The second kappa shape index (κ2) is 11.0. The number of nitrogens with zero attached hydrogens (tertiary/aromatic N) is 4. The van der Waals surface area contributed by atoms with Crippen LogP contribution in [0.1, 0.15) is 22.9 Å². The summed E-state index contributed by atoms with van der Waals surface area (Å²) in [4.78, 5) is 15.7. The standard InChI is InChI=1S/C46H28N4S/c1-3-13-28(14-4-1)44-47-45(29-15-5-2-6-16-29)49-46(48-44)42-35-25-26-40-43(34-19-9-12-22-39(34)51-40)41(35)33-24-23-30(27-36(33)42)50-37-20-10-7-17-31(37)32-18-8-11-21-38(32)50/h1-27,42H. The third-order valence-corrected chi connectivity index (χ3v) is 11.5. The van der Waals surface area contributed by atoms with Crippen molar-refractivity contribution < 1.29 is 0 Å². The van der Waals surface area contributed by atoms with E-state index < -0.39 is 0 Å². The monoisotopic (exact) mass is 668 g/mol. The van der Waals surface area contributed by atoms with E-state index in [1.165, 1.54) is 64.2 Å². The van der Waals surface area contributed by atoms with Crippen molar-refractivity contribution in [2.45, 2.75) is 5.92 Å². The molecule has 0 N–H and O–H groups in total. The molecule has 11 rings (SSSR count). The van der Waals surface area contributed by atoms with Gasteiger partial charge in [0.25, 0.3) is 0 Å². The van der Waals surface area contributed by atoms with E-state index in [-0.39, 0.29) is 5.92 Å². The smallest absolute Gasteiger partial charge is 0.163 e. The second-order valence-corrected chi connectivity index (χ2v) is 14.2. The van der Waals surface area contributed by atoms with Crippen LogP contribution in [0, 0.1) is 0 Å². The quantitative estimate of drug-likeness (QED) is 0.187. The van der Waals surface area contributed by atoms with Crippen molar-refractivity contribution in [3.8, 4) is 39.6 Å². The number of para-hydroxylation sites is 2. The molecule has 0 fully saturated rings. The van der Waals surface area contributed by atoms with E-state index in [0.29, 0.717) is 11.6 Å². The maximum Gasteiger partial charge on any atom is 0.163 e. The van der Waals surface area contributed by atoms with Gasteiger partial charge in [-0.3, -0.25) is 0 Å². The van der Waals surface area contributed by atoms with Crippen LogP contribution in [0.5, 0.6) is 0 Å². The molecular weight excluding hydrogens is 641 g/mol. The van der Waals surface area contributed by atoms with Crippen LogP contribution < -0.4 is 0 Å². The fourth-order valence-electron chi connectivity index (χ4n) is 8.12. The molecule has 0 saturated carbocycles. The normalized spacial score (nSPS) is 13.7. The number of aromatic nitrogens is 4. The fourth-order valence-corrected chi connectivity index (χ4v) is 9.23. The summed E-state index contributed by atoms with van der Waals surface area (Å²) in [6.45, 7) is 0. The summed E-state index contributed by atoms with van der Waals surface area (Å²) >= 11 is 1.86. The van der Waals surface area contributed by atoms with Crippen LogP contribution in [-0.4, -0.2) is 19.5 Å². The first-order chi connectivity index (χ1) is 25.3. The van der Waals surface area contributed by atoms with Gasteiger partial charge in [-0.2, -0.15) is 0 Å². The SMILES string of the molecule is c1ccc(-c2nc(-c3ccccc3)nc(C3c4cc(-n5c6ccccc6c6ccccc65)ccc4-c4c3ccc3sc5ccccc5c43)n2)cc1. The number of hydrogen-bond donors (Lipinski definition) is 0. The van der Waals surface area contributed by atoms with Gasteiger partial charge in [0.15, 0.2) is 11.6 Å². The van der Waals surface area contributed by atoms with Crippen molar-refractivity contribution in [1.82, 2.24) is 19.5 Å². The van der Waals surface area contributed by atoms with Crippen LogP contribution in [0.4, 0.5) is 0 Å². The van der Waals surface area contributed by atoms with E-state index in [2.05, 4.69) is 132 Å². The van der Waals surface area contributed by atoms with Gasteiger partial charge < -0.3 is 4.57 Å². The number of rotatable bonds is 4. The highest BCUT2D eigenvalue weighted by molar-refractivity contribution is 7.26. The number of thiophene rings is 1. The van der Waals surface area contributed by atoms with Crippen LogP contribution in [0.15, 0.2) is 164 Å². The predicted octanol–water partition coefficient (Wildman–Crippen LogP) is 11.8. The summed E-state index contributed by atoms with van der Waals surface area (Å²) in [7, 11) is 0. The Bertz CT molecular complexity index is 2870. The number of fused-ring (bicyclic) bond motifs is 10. The number of benzene rings is 7. The van der Waals surface area contributed by atoms with Crippen molar-refractivity contribution in [3.63, 3.8) is 0 Å². The molecule has 0 saturated heterocycles. The van der Waals surface area contributed by atoms with Gasteiger partial charge in [0.05, 0.1) is 17.0 Å². The lowest BCUT2D eigenvalue weighted by Gasteiger charge is -2.16. The minimum Gasteiger partial charge on any atom is -0.309 e. The molecule has 51 heavy (non-hydrogen) atoms. The van der Waals surface area contributed by atoms with Crippen molar-refractivity contribution in [2.24, 2.45) is 0 Å². The third-order valence-electron chi connectivity index (χ3n) is 10.3. The second-order valence-electron chi connectivity index (χ2n) is 13.1. The van der Waals surface area contributed by atoms with Gasteiger partial charge in [0, 0.05) is 47.8 Å². The largest absolute Gasteiger partial charge is 0.309 e. The first kappa shape index (κ1) is 28.4. The highest BCUT2D eigenvalue weighted by atomic mass is 32.1. The van der Waals surface area contributed by atoms with Gasteiger partial charge >= 0.3 is 0 Å². The molecule has 0 radical (unpaired) electrons. The van der Waals surface area contributed by atoms with Crippen LogP contribution in [0.25, 0.3) is 81.6 Å². The Morgan fingerprint density at radius 1 is 0.471 bits per heavy atom. The molecule has 0 bridgehead atoms. The summed E-state index contributed by atoms with van der Waals surface area (Å²) in [5, 5.41) is 5.09. The van der Waals surface area contributed by atoms with Gasteiger partial charge in [-0.05, 0) is 58.7 Å². The van der Waals surface area contributed by atoms with Crippen molar-refractivity contribution in [3.05, 3.63) is 181 Å². The van der Waals surface area contributed by atoms with Crippen LogP contribution in [0.2, 0.25) is 0 Å². The van der Waals surface area contributed by atoms with Gasteiger partial charge in [-0.1, -0.05) is 127 Å². The Balaban J connectivity index is 1.22. The highest BCUT2D eigenvalue weighted by Gasteiger charge is 2.35. The maximum absolute atomic E-state index is 5.30. The third kappa shape index (κ3) is 4.28. The summed E-state index contributed by atoms with van der Waals surface area (Å²) in [6, 6.07) is 58.3. The molecule has 5 heteroatoms. The average molecular weight is 669 g/mol. The predicted molar refractivity (Wildman–Crippen MR) is 211 cm³/mol. The van der Waals surface area contributed by atoms with Gasteiger partial charge in [-0.25, -0.2) is 15.0 Å². The minimum atomic E-state index is -0.195. The van der Waals surface area contributed by atoms with Gasteiger partial charge in [0.1, 0.15) is 5.82 Å². The molecule has 1 atom stereocenters. The van der Waals surface area contributed by atoms with E-state index in [0.717, 1.165) is 22.6 Å². The zero-order valence-electron chi connectivity index (χ0n) is 27.4.